The molecular weight excluding hydrogens is 200 g/mol. The Morgan fingerprint density at radius 2 is 2.50 bits per heavy atom. The van der Waals surface area contributed by atoms with Crippen molar-refractivity contribution in [2.24, 2.45) is 5.73 Å². The van der Waals surface area contributed by atoms with Gasteiger partial charge in [-0.25, -0.2) is 4.79 Å². The SMILES string of the molecule is CC1C=C(c2cccs2)ON1C(N)=O. The van der Waals surface area contributed by atoms with E-state index in [-0.39, 0.29) is 6.04 Å². The summed E-state index contributed by atoms with van der Waals surface area (Å²) in [5, 5.41) is 3.12. The number of carbonyl (C=O) groups is 1. The van der Waals surface area contributed by atoms with E-state index in [2.05, 4.69) is 0 Å². The highest BCUT2D eigenvalue weighted by atomic mass is 32.1. The van der Waals surface area contributed by atoms with Crippen molar-refractivity contribution in [2.75, 3.05) is 0 Å². The number of nitrogens with zero attached hydrogens (tertiary/aromatic N) is 1. The zero-order valence-electron chi connectivity index (χ0n) is 7.64. The summed E-state index contributed by atoms with van der Waals surface area (Å²) in [7, 11) is 0. The Kier molecular flexibility index (Phi) is 2.17. The van der Waals surface area contributed by atoms with Gasteiger partial charge in [-0.05, 0) is 24.4 Å². The summed E-state index contributed by atoms with van der Waals surface area (Å²) in [5.41, 5.74) is 5.14. The molecule has 0 saturated heterocycles. The molecule has 4 nitrogen and oxygen atoms in total. The fraction of sp³-hybridized carbons (Fsp3) is 0.222. The molecule has 1 aliphatic heterocycles. The van der Waals surface area contributed by atoms with E-state index < -0.39 is 6.03 Å². The normalized spacial score (nSPS) is 20.5. The Morgan fingerprint density at radius 3 is 3.00 bits per heavy atom. The smallest absolute Gasteiger partial charge is 0.348 e. The summed E-state index contributed by atoms with van der Waals surface area (Å²) >= 11 is 1.56. The molecule has 2 rings (SSSR count). The second-order valence-corrected chi connectivity index (χ2v) is 3.95. The highest BCUT2D eigenvalue weighted by molar-refractivity contribution is 7.11. The van der Waals surface area contributed by atoms with E-state index in [4.69, 9.17) is 10.6 Å². The van der Waals surface area contributed by atoms with Crippen molar-refractivity contribution in [2.45, 2.75) is 13.0 Å². The molecule has 2 N–H and O–H groups in total. The fourth-order valence-corrected chi connectivity index (χ4v) is 1.98. The molecule has 0 bridgehead atoms. The molecule has 1 aromatic rings. The number of hydroxylamine groups is 2. The lowest BCUT2D eigenvalue weighted by atomic mass is 10.3. The molecule has 0 spiro atoms. The predicted molar refractivity (Wildman–Crippen MR) is 54.3 cm³/mol. The van der Waals surface area contributed by atoms with Crippen LogP contribution in [0.1, 0.15) is 11.8 Å². The van der Waals surface area contributed by atoms with Crippen LogP contribution in [0.15, 0.2) is 23.6 Å². The number of rotatable bonds is 1. The van der Waals surface area contributed by atoms with Crippen LogP contribution in [0.25, 0.3) is 5.76 Å². The van der Waals surface area contributed by atoms with E-state index in [0.717, 1.165) is 9.94 Å². The number of primary amides is 1. The van der Waals surface area contributed by atoms with Crippen LogP contribution in [0.4, 0.5) is 4.79 Å². The summed E-state index contributed by atoms with van der Waals surface area (Å²) in [6, 6.07) is 3.19. The molecule has 1 aromatic heterocycles. The third-order valence-electron chi connectivity index (χ3n) is 1.94. The fourth-order valence-electron chi connectivity index (χ4n) is 1.30. The van der Waals surface area contributed by atoms with Crippen LogP contribution in [0, 0.1) is 0 Å². The number of carbonyl (C=O) groups excluding carboxylic acids is 1. The minimum atomic E-state index is -0.569. The lowest BCUT2D eigenvalue weighted by molar-refractivity contribution is -0.0352. The molecule has 0 saturated carbocycles. The molecule has 5 heteroatoms. The van der Waals surface area contributed by atoms with E-state index in [9.17, 15) is 4.79 Å². The number of amides is 2. The van der Waals surface area contributed by atoms with Gasteiger partial charge in [0.25, 0.3) is 0 Å². The number of thiophene rings is 1. The second-order valence-electron chi connectivity index (χ2n) is 3.00. The first-order valence-corrected chi connectivity index (χ1v) is 5.09. The monoisotopic (exact) mass is 210 g/mol. The summed E-state index contributed by atoms with van der Waals surface area (Å²) < 4.78 is 0. The van der Waals surface area contributed by atoms with Crippen LogP contribution >= 0.6 is 11.3 Å². The molecule has 1 aliphatic rings. The standard InChI is InChI=1S/C9H10N2O2S/c1-6-5-7(8-3-2-4-14-8)13-11(6)9(10)12/h2-6H,1H3,(H2,10,12). The van der Waals surface area contributed by atoms with Crippen molar-refractivity contribution in [3.05, 3.63) is 28.5 Å². The molecule has 0 aliphatic carbocycles. The second kappa shape index (κ2) is 3.34. The molecule has 0 fully saturated rings. The number of nitrogens with two attached hydrogens (primary N) is 1. The number of hydrogen-bond acceptors (Lipinski definition) is 3. The van der Waals surface area contributed by atoms with Gasteiger partial charge in [0.1, 0.15) is 0 Å². The van der Waals surface area contributed by atoms with Crippen LogP contribution in [0.3, 0.4) is 0 Å². The minimum Gasteiger partial charge on any atom is -0.374 e. The van der Waals surface area contributed by atoms with Gasteiger partial charge in [-0.3, -0.25) is 0 Å². The molecule has 2 heterocycles. The molecule has 2 amide bonds. The first kappa shape index (κ1) is 9.08. The van der Waals surface area contributed by atoms with Gasteiger partial charge in [0.2, 0.25) is 0 Å². The van der Waals surface area contributed by atoms with Gasteiger partial charge in [0, 0.05) is 0 Å². The third kappa shape index (κ3) is 1.46. The van der Waals surface area contributed by atoms with E-state index in [1.807, 2.05) is 30.5 Å². The molecule has 14 heavy (non-hydrogen) atoms. The molecule has 1 unspecified atom stereocenters. The van der Waals surface area contributed by atoms with E-state index in [1.54, 1.807) is 11.3 Å². The largest absolute Gasteiger partial charge is 0.374 e. The number of urea groups is 1. The first-order valence-electron chi connectivity index (χ1n) is 4.21. The molecule has 0 aromatic carbocycles. The first-order chi connectivity index (χ1) is 6.68. The van der Waals surface area contributed by atoms with Crippen LogP contribution in [-0.2, 0) is 4.84 Å². The molecular formula is C9H10N2O2S. The van der Waals surface area contributed by atoms with Crippen molar-refractivity contribution in [3.63, 3.8) is 0 Å². The van der Waals surface area contributed by atoms with Gasteiger partial charge >= 0.3 is 6.03 Å². The maximum absolute atomic E-state index is 10.9. The zero-order chi connectivity index (χ0) is 10.1. The lowest BCUT2D eigenvalue weighted by Crippen LogP contribution is -2.37. The average Bonchev–Trinajstić information content (AvgIpc) is 2.70. The van der Waals surface area contributed by atoms with Gasteiger partial charge in [-0.15, -0.1) is 11.3 Å². The highest BCUT2D eigenvalue weighted by Gasteiger charge is 2.27. The van der Waals surface area contributed by atoms with Gasteiger partial charge in [0.05, 0.1) is 10.9 Å². The van der Waals surface area contributed by atoms with Crippen molar-refractivity contribution in [3.8, 4) is 0 Å². The Balaban J connectivity index is 2.19. The Morgan fingerprint density at radius 1 is 1.71 bits per heavy atom. The Hall–Kier alpha value is -1.49. The molecule has 1 atom stereocenters. The van der Waals surface area contributed by atoms with E-state index in [0.29, 0.717) is 5.76 Å². The minimum absolute atomic E-state index is 0.107. The topological polar surface area (TPSA) is 55.6 Å². The lowest BCUT2D eigenvalue weighted by Gasteiger charge is -2.17. The Labute approximate surface area is 85.5 Å². The van der Waals surface area contributed by atoms with Crippen LogP contribution in [0.2, 0.25) is 0 Å². The Bertz CT molecular complexity index is 372. The number of hydrogen-bond donors (Lipinski definition) is 1. The van der Waals surface area contributed by atoms with Crippen molar-refractivity contribution in [1.29, 1.82) is 0 Å². The molecule has 0 radical (unpaired) electrons. The highest BCUT2D eigenvalue weighted by Crippen LogP contribution is 2.28. The van der Waals surface area contributed by atoms with Gasteiger partial charge in [0.15, 0.2) is 5.76 Å². The van der Waals surface area contributed by atoms with E-state index in [1.165, 1.54) is 0 Å². The third-order valence-corrected chi connectivity index (χ3v) is 2.82. The summed E-state index contributed by atoms with van der Waals surface area (Å²) in [4.78, 5) is 17.2. The quantitative estimate of drug-likeness (QED) is 0.768. The predicted octanol–water partition coefficient (Wildman–Crippen LogP) is 1.80. The molecule has 74 valence electrons. The summed E-state index contributed by atoms with van der Waals surface area (Å²) in [5.74, 6) is 0.700. The van der Waals surface area contributed by atoms with Crippen LogP contribution in [0.5, 0.6) is 0 Å². The maximum atomic E-state index is 10.9. The van der Waals surface area contributed by atoms with Crippen LogP contribution in [-0.4, -0.2) is 17.1 Å². The van der Waals surface area contributed by atoms with Gasteiger partial charge in [-0.2, -0.15) is 5.06 Å². The van der Waals surface area contributed by atoms with E-state index >= 15 is 0 Å². The van der Waals surface area contributed by atoms with Gasteiger partial charge in [-0.1, -0.05) is 6.07 Å². The average molecular weight is 210 g/mol. The zero-order valence-corrected chi connectivity index (χ0v) is 8.45. The van der Waals surface area contributed by atoms with Crippen molar-refractivity contribution < 1.29 is 9.63 Å². The van der Waals surface area contributed by atoms with Crippen molar-refractivity contribution in [1.82, 2.24) is 5.06 Å². The van der Waals surface area contributed by atoms with Crippen LogP contribution < -0.4 is 5.73 Å². The summed E-state index contributed by atoms with van der Waals surface area (Å²) in [6.45, 7) is 1.85. The summed E-state index contributed by atoms with van der Waals surface area (Å²) in [6.07, 6.45) is 1.87. The van der Waals surface area contributed by atoms with Gasteiger partial charge < -0.3 is 10.6 Å². The van der Waals surface area contributed by atoms with Crippen molar-refractivity contribution >= 4 is 23.1 Å². The maximum Gasteiger partial charge on any atom is 0.348 e.